The van der Waals surface area contributed by atoms with E-state index in [0.29, 0.717) is 46.9 Å². The molecule has 1 aliphatic heterocycles. The number of rotatable bonds is 2. The van der Waals surface area contributed by atoms with Gasteiger partial charge in [0.1, 0.15) is 5.82 Å². The van der Waals surface area contributed by atoms with Crippen LogP contribution in [0.5, 0.6) is 0 Å². The number of hydrogen-bond acceptors (Lipinski definition) is 3. The van der Waals surface area contributed by atoms with Gasteiger partial charge < -0.3 is 15.1 Å². The zero-order valence-corrected chi connectivity index (χ0v) is 14.9. The van der Waals surface area contributed by atoms with E-state index in [1.807, 2.05) is 6.07 Å². The molecule has 2 amide bonds. The third kappa shape index (κ3) is 3.86. The third-order valence-corrected chi connectivity index (χ3v) is 4.81. The molecule has 0 saturated carbocycles. The number of hydrogen-bond donors (Lipinski definition) is 1. The summed E-state index contributed by atoms with van der Waals surface area (Å²) in [4.78, 5) is 20.5. The molecule has 0 aliphatic carbocycles. The zero-order chi connectivity index (χ0) is 17.1. The van der Waals surface area contributed by atoms with Crippen molar-refractivity contribution in [2.24, 2.45) is 0 Å². The molecule has 0 bridgehead atoms. The van der Waals surface area contributed by atoms with Crippen LogP contribution in [0.3, 0.4) is 0 Å². The smallest absolute Gasteiger partial charge is 0.321 e. The van der Waals surface area contributed by atoms with Gasteiger partial charge in [-0.1, -0.05) is 34.8 Å². The normalized spacial score (nSPS) is 14.6. The van der Waals surface area contributed by atoms with Gasteiger partial charge in [0.2, 0.25) is 0 Å². The lowest BCUT2D eigenvalue weighted by molar-refractivity contribution is 0.208. The van der Waals surface area contributed by atoms with Crippen LogP contribution in [0.4, 0.5) is 16.3 Å². The molecule has 2 aromatic rings. The fourth-order valence-corrected chi connectivity index (χ4v) is 3.05. The van der Waals surface area contributed by atoms with Crippen LogP contribution in [0, 0.1) is 0 Å². The van der Waals surface area contributed by atoms with Gasteiger partial charge in [-0.05, 0) is 30.3 Å². The van der Waals surface area contributed by atoms with Crippen molar-refractivity contribution in [3.8, 4) is 0 Å². The third-order valence-electron chi connectivity index (χ3n) is 3.78. The minimum Gasteiger partial charge on any atom is -0.352 e. The van der Waals surface area contributed by atoms with Crippen molar-refractivity contribution in [3.63, 3.8) is 0 Å². The molecule has 0 unspecified atom stereocenters. The second-order valence-electron chi connectivity index (χ2n) is 5.34. The molecule has 1 saturated heterocycles. The molecule has 2 heterocycles. The van der Waals surface area contributed by atoms with Gasteiger partial charge in [0.25, 0.3) is 0 Å². The van der Waals surface area contributed by atoms with Gasteiger partial charge in [0, 0.05) is 38.1 Å². The summed E-state index contributed by atoms with van der Waals surface area (Å²) >= 11 is 18.0. The lowest BCUT2D eigenvalue weighted by Crippen LogP contribution is -2.50. The van der Waals surface area contributed by atoms with Gasteiger partial charge >= 0.3 is 6.03 Å². The maximum absolute atomic E-state index is 12.4. The average Bonchev–Trinajstić information content (AvgIpc) is 2.59. The van der Waals surface area contributed by atoms with Crippen LogP contribution < -0.4 is 10.2 Å². The number of nitrogens with zero attached hydrogens (tertiary/aromatic N) is 3. The number of amides is 2. The largest absolute Gasteiger partial charge is 0.352 e. The number of piperazine rings is 1. The first-order valence-corrected chi connectivity index (χ1v) is 8.54. The van der Waals surface area contributed by atoms with Crippen molar-refractivity contribution in [2.75, 3.05) is 36.4 Å². The summed E-state index contributed by atoms with van der Waals surface area (Å²) in [6, 6.07) is 8.45. The Morgan fingerprint density at radius 2 is 1.75 bits per heavy atom. The highest BCUT2D eigenvalue weighted by Crippen LogP contribution is 2.26. The molecule has 1 aromatic heterocycles. The molecule has 8 heteroatoms. The molecule has 1 aromatic carbocycles. The molecule has 24 heavy (non-hydrogen) atoms. The molecule has 3 rings (SSSR count). The van der Waals surface area contributed by atoms with Crippen LogP contribution in [0.25, 0.3) is 0 Å². The highest BCUT2D eigenvalue weighted by atomic mass is 35.5. The summed E-state index contributed by atoms with van der Waals surface area (Å²) in [5.74, 6) is 0.753. The minimum absolute atomic E-state index is 0.167. The lowest BCUT2D eigenvalue weighted by Gasteiger charge is -2.35. The number of carbonyl (C=O) groups excluding carboxylic acids is 1. The van der Waals surface area contributed by atoms with Crippen molar-refractivity contribution < 1.29 is 4.79 Å². The van der Waals surface area contributed by atoms with E-state index in [0.717, 1.165) is 5.82 Å². The van der Waals surface area contributed by atoms with E-state index in [2.05, 4.69) is 15.2 Å². The van der Waals surface area contributed by atoms with E-state index >= 15 is 0 Å². The van der Waals surface area contributed by atoms with Crippen LogP contribution in [-0.4, -0.2) is 42.1 Å². The van der Waals surface area contributed by atoms with Gasteiger partial charge in [0.05, 0.1) is 15.1 Å². The molecule has 5 nitrogen and oxygen atoms in total. The van der Waals surface area contributed by atoms with Crippen LogP contribution in [0.1, 0.15) is 0 Å². The fraction of sp³-hybridized carbons (Fsp3) is 0.250. The molecule has 0 radical (unpaired) electrons. The number of halogens is 3. The number of anilines is 2. The molecular weight excluding hydrogens is 371 g/mol. The summed E-state index contributed by atoms with van der Waals surface area (Å²) in [6.45, 7) is 2.51. The monoisotopic (exact) mass is 384 g/mol. The Morgan fingerprint density at radius 1 is 1.00 bits per heavy atom. The van der Waals surface area contributed by atoms with Gasteiger partial charge in [-0.15, -0.1) is 0 Å². The van der Waals surface area contributed by atoms with E-state index in [1.54, 1.807) is 35.4 Å². The van der Waals surface area contributed by atoms with Gasteiger partial charge in [-0.2, -0.15) is 0 Å². The summed E-state index contributed by atoms with van der Waals surface area (Å²) in [5, 5.41) is 4.31. The molecule has 1 aliphatic rings. The van der Waals surface area contributed by atoms with E-state index in [4.69, 9.17) is 34.8 Å². The number of benzene rings is 1. The van der Waals surface area contributed by atoms with Crippen LogP contribution in [0.2, 0.25) is 15.1 Å². The number of carbonyl (C=O) groups is 1. The maximum atomic E-state index is 12.4. The highest BCUT2D eigenvalue weighted by Gasteiger charge is 2.23. The second-order valence-corrected chi connectivity index (χ2v) is 6.56. The first-order valence-electron chi connectivity index (χ1n) is 7.41. The maximum Gasteiger partial charge on any atom is 0.321 e. The minimum atomic E-state index is -0.167. The van der Waals surface area contributed by atoms with Crippen molar-refractivity contribution in [1.29, 1.82) is 0 Å². The quantitative estimate of drug-likeness (QED) is 0.834. The van der Waals surface area contributed by atoms with E-state index in [-0.39, 0.29) is 6.03 Å². The average molecular weight is 386 g/mol. The Balaban J connectivity index is 1.59. The predicted molar refractivity (Wildman–Crippen MR) is 98.5 cm³/mol. The highest BCUT2D eigenvalue weighted by molar-refractivity contribution is 6.42. The van der Waals surface area contributed by atoms with Crippen LogP contribution in [-0.2, 0) is 0 Å². The Hall–Kier alpha value is -1.69. The number of nitrogens with one attached hydrogen (secondary N) is 1. The Kier molecular flexibility index (Phi) is 5.33. The van der Waals surface area contributed by atoms with Gasteiger partial charge in [-0.25, -0.2) is 9.78 Å². The van der Waals surface area contributed by atoms with Gasteiger partial charge in [-0.3, -0.25) is 0 Å². The summed E-state index contributed by atoms with van der Waals surface area (Å²) in [7, 11) is 0. The molecule has 1 fully saturated rings. The van der Waals surface area contributed by atoms with E-state index in [9.17, 15) is 4.79 Å². The first-order chi connectivity index (χ1) is 11.5. The molecule has 1 N–H and O–H groups in total. The Labute approximate surface area is 155 Å². The fourth-order valence-electron chi connectivity index (χ4n) is 2.51. The summed E-state index contributed by atoms with van der Waals surface area (Å²) in [6.07, 6.45) is 1.71. The SMILES string of the molecule is O=C(Nc1ccc(Cl)c(Cl)c1)N1CCN(c2ncccc2Cl)CC1. The predicted octanol–water partition coefficient (Wildman–Crippen LogP) is 4.40. The standard InChI is InChI=1S/C16H15Cl3N4O/c17-12-4-3-11(10-14(12)19)21-16(24)23-8-6-22(7-9-23)15-13(18)2-1-5-20-15/h1-5,10H,6-9H2,(H,21,24). The number of urea groups is 1. The van der Waals surface area contributed by atoms with Crippen molar-refractivity contribution >= 4 is 52.3 Å². The van der Waals surface area contributed by atoms with Crippen LogP contribution in [0.15, 0.2) is 36.5 Å². The van der Waals surface area contributed by atoms with Gasteiger partial charge in [0.15, 0.2) is 0 Å². The Morgan fingerprint density at radius 3 is 2.42 bits per heavy atom. The molecule has 126 valence electrons. The summed E-state index contributed by atoms with van der Waals surface area (Å²) in [5.41, 5.74) is 0.615. The number of pyridine rings is 1. The van der Waals surface area contributed by atoms with E-state index in [1.165, 1.54) is 0 Å². The lowest BCUT2D eigenvalue weighted by atomic mass is 10.3. The van der Waals surface area contributed by atoms with Crippen molar-refractivity contribution in [1.82, 2.24) is 9.88 Å². The summed E-state index contributed by atoms with van der Waals surface area (Å²) < 4.78 is 0. The molecular formula is C16H15Cl3N4O. The second kappa shape index (κ2) is 7.47. The van der Waals surface area contributed by atoms with Crippen LogP contribution >= 0.6 is 34.8 Å². The molecule has 0 spiro atoms. The van der Waals surface area contributed by atoms with Crippen molar-refractivity contribution in [2.45, 2.75) is 0 Å². The zero-order valence-electron chi connectivity index (χ0n) is 12.7. The van der Waals surface area contributed by atoms with Crippen molar-refractivity contribution in [3.05, 3.63) is 51.6 Å². The molecule has 0 atom stereocenters. The Bertz CT molecular complexity index is 748. The number of aromatic nitrogens is 1. The first kappa shape index (κ1) is 17.1. The topological polar surface area (TPSA) is 48.5 Å². The van der Waals surface area contributed by atoms with E-state index < -0.39 is 0 Å².